The Morgan fingerprint density at radius 3 is 3.27 bits per heavy atom. The van der Waals surface area contributed by atoms with E-state index in [2.05, 4.69) is 21.8 Å². The zero-order valence-electron chi connectivity index (χ0n) is 8.65. The van der Waals surface area contributed by atoms with Crippen molar-refractivity contribution in [2.24, 2.45) is 5.92 Å². The molecule has 0 saturated carbocycles. The van der Waals surface area contributed by atoms with Crippen molar-refractivity contribution in [1.29, 1.82) is 0 Å². The van der Waals surface area contributed by atoms with Crippen LogP contribution in [-0.4, -0.2) is 16.9 Å². The van der Waals surface area contributed by atoms with Gasteiger partial charge < -0.3 is 9.84 Å². The number of hydrogen-bond acceptors (Lipinski definition) is 4. The molecule has 80 valence electrons. The Hall–Kier alpha value is -1.16. The van der Waals surface area contributed by atoms with Gasteiger partial charge in [-0.05, 0) is 43.7 Å². The van der Waals surface area contributed by atoms with Gasteiger partial charge in [0.25, 0.3) is 0 Å². The lowest BCUT2D eigenvalue weighted by atomic mass is 9.78. The number of nitrogens with zero attached hydrogens (tertiary/aromatic N) is 2. The fourth-order valence-electron chi connectivity index (χ4n) is 2.72. The molecule has 3 rings (SSSR count). The van der Waals surface area contributed by atoms with Crippen molar-refractivity contribution < 1.29 is 4.52 Å². The molecule has 0 bridgehead atoms. The SMILES string of the molecule is C1=C2C(CCC1)CCNC2c1cnno1. The van der Waals surface area contributed by atoms with E-state index in [-0.39, 0.29) is 6.04 Å². The summed E-state index contributed by atoms with van der Waals surface area (Å²) in [5, 5.41) is 10.8. The number of piperidine rings is 1. The van der Waals surface area contributed by atoms with Gasteiger partial charge in [0.15, 0.2) is 5.76 Å². The average molecular weight is 205 g/mol. The molecule has 1 aromatic rings. The molecule has 1 aliphatic carbocycles. The molecular weight excluding hydrogens is 190 g/mol. The lowest BCUT2D eigenvalue weighted by Gasteiger charge is -2.34. The second-order valence-corrected chi connectivity index (χ2v) is 4.33. The van der Waals surface area contributed by atoms with Crippen LogP contribution in [0.15, 0.2) is 22.4 Å². The third kappa shape index (κ3) is 1.59. The van der Waals surface area contributed by atoms with E-state index in [0.29, 0.717) is 0 Å². The zero-order valence-corrected chi connectivity index (χ0v) is 8.65. The van der Waals surface area contributed by atoms with Gasteiger partial charge in [0.1, 0.15) is 0 Å². The summed E-state index contributed by atoms with van der Waals surface area (Å²) in [5.41, 5.74) is 1.49. The molecule has 2 unspecified atom stereocenters. The maximum Gasteiger partial charge on any atom is 0.178 e. The number of aromatic nitrogens is 2. The normalized spacial score (nSPS) is 30.8. The predicted molar refractivity (Wildman–Crippen MR) is 55.1 cm³/mol. The van der Waals surface area contributed by atoms with E-state index in [1.54, 1.807) is 6.20 Å². The highest BCUT2D eigenvalue weighted by Crippen LogP contribution is 2.38. The maximum absolute atomic E-state index is 5.16. The zero-order chi connectivity index (χ0) is 10.1. The van der Waals surface area contributed by atoms with Gasteiger partial charge >= 0.3 is 0 Å². The maximum atomic E-state index is 5.16. The van der Waals surface area contributed by atoms with Crippen molar-refractivity contribution >= 4 is 0 Å². The van der Waals surface area contributed by atoms with Gasteiger partial charge in [-0.1, -0.05) is 6.08 Å². The molecule has 1 aliphatic heterocycles. The van der Waals surface area contributed by atoms with Crippen molar-refractivity contribution in [2.75, 3.05) is 6.54 Å². The second-order valence-electron chi connectivity index (χ2n) is 4.33. The minimum absolute atomic E-state index is 0.221. The van der Waals surface area contributed by atoms with Crippen LogP contribution in [0, 0.1) is 5.92 Å². The number of rotatable bonds is 1. The topological polar surface area (TPSA) is 51.0 Å². The van der Waals surface area contributed by atoms with Gasteiger partial charge in [0, 0.05) is 5.27 Å². The Labute approximate surface area is 88.7 Å². The Balaban J connectivity index is 1.91. The van der Waals surface area contributed by atoms with E-state index in [4.69, 9.17) is 4.52 Å². The van der Waals surface area contributed by atoms with E-state index in [9.17, 15) is 0 Å². The van der Waals surface area contributed by atoms with Crippen molar-refractivity contribution in [3.63, 3.8) is 0 Å². The molecule has 4 heteroatoms. The molecule has 1 saturated heterocycles. The second kappa shape index (κ2) is 3.77. The first-order valence-electron chi connectivity index (χ1n) is 5.66. The molecule has 2 aliphatic rings. The van der Waals surface area contributed by atoms with Crippen LogP contribution in [0.4, 0.5) is 0 Å². The first kappa shape index (κ1) is 9.09. The summed E-state index contributed by atoms with van der Waals surface area (Å²) in [6.45, 7) is 1.06. The lowest BCUT2D eigenvalue weighted by molar-refractivity contribution is 0.296. The van der Waals surface area contributed by atoms with Crippen LogP contribution in [0.1, 0.15) is 37.5 Å². The summed E-state index contributed by atoms with van der Waals surface area (Å²) in [4.78, 5) is 0. The van der Waals surface area contributed by atoms with Gasteiger partial charge in [-0.15, -0.1) is 5.10 Å². The van der Waals surface area contributed by atoms with Crippen LogP contribution in [0.3, 0.4) is 0 Å². The van der Waals surface area contributed by atoms with E-state index < -0.39 is 0 Å². The molecule has 0 radical (unpaired) electrons. The number of nitrogens with one attached hydrogen (secondary N) is 1. The number of hydrogen-bond donors (Lipinski definition) is 1. The van der Waals surface area contributed by atoms with E-state index in [1.165, 1.54) is 31.3 Å². The summed E-state index contributed by atoms with van der Waals surface area (Å²) in [7, 11) is 0. The molecule has 0 amide bonds. The molecule has 1 N–H and O–H groups in total. The fourth-order valence-corrected chi connectivity index (χ4v) is 2.72. The predicted octanol–water partition coefficient (Wildman–Crippen LogP) is 1.83. The molecular formula is C11H15N3O. The molecule has 4 nitrogen and oxygen atoms in total. The van der Waals surface area contributed by atoms with Crippen molar-refractivity contribution in [1.82, 2.24) is 15.7 Å². The van der Waals surface area contributed by atoms with Crippen molar-refractivity contribution in [2.45, 2.75) is 31.7 Å². The molecule has 2 atom stereocenters. The average Bonchev–Trinajstić information content (AvgIpc) is 2.82. The van der Waals surface area contributed by atoms with Crippen LogP contribution < -0.4 is 5.32 Å². The highest BCUT2D eigenvalue weighted by atomic mass is 16.5. The van der Waals surface area contributed by atoms with Crippen LogP contribution >= 0.6 is 0 Å². The van der Waals surface area contributed by atoms with Crippen LogP contribution in [0.5, 0.6) is 0 Å². The highest BCUT2D eigenvalue weighted by Gasteiger charge is 2.31. The van der Waals surface area contributed by atoms with Gasteiger partial charge in [-0.25, -0.2) is 0 Å². The highest BCUT2D eigenvalue weighted by molar-refractivity contribution is 5.24. The van der Waals surface area contributed by atoms with Gasteiger partial charge in [-0.2, -0.15) is 0 Å². The Bertz CT molecular complexity index is 358. The van der Waals surface area contributed by atoms with Crippen molar-refractivity contribution in [3.05, 3.63) is 23.6 Å². The van der Waals surface area contributed by atoms with E-state index in [1.807, 2.05) is 0 Å². The minimum atomic E-state index is 0.221. The largest absolute Gasteiger partial charge is 0.340 e. The van der Waals surface area contributed by atoms with Crippen LogP contribution in [0.2, 0.25) is 0 Å². The summed E-state index contributed by atoms with van der Waals surface area (Å²) in [5.74, 6) is 1.60. The van der Waals surface area contributed by atoms with Crippen LogP contribution in [0.25, 0.3) is 0 Å². The Morgan fingerprint density at radius 1 is 1.40 bits per heavy atom. The third-order valence-corrected chi connectivity index (χ3v) is 3.45. The number of fused-ring (bicyclic) bond motifs is 1. The molecule has 2 heterocycles. The number of allylic oxidation sites excluding steroid dienone is 1. The monoisotopic (exact) mass is 205 g/mol. The fraction of sp³-hybridized carbons (Fsp3) is 0.636. The lowest BCUT2D eigenvalue weighted by Crippen LogP contribution is -2.35. The van der Waals surface area contributed by atoms with Gasteiger partial charge in [0.05, 0.1) is 12.2 Å². The Morgan fingerprint density at radius 2 is 2.40 bits per heavy atom. The minimum Gasteiger partial charge on any atom is -0.340 e. The summed E-state index contributed by atoms with van der Waals surface area (Å²) in [6.07, 6.45) is 9.19. The molecule has 1 fully saturated rings. The van der Waals surface area contributed by atoms with Gasteiger partial charge in [0.2, 0.25) is 0 Å². The summed E-state index contributed by atoms with van der Waals surface area (Å²) < 4.78 is 5.16. The quantitative estimate of drug-likeness (QED) is 0.711. The van der Waals surface area contributed by atoms with E-state index >= 15 is 0 Å². The molecule has 0 aromatic carbocycles. The summed E-state index contributed by atoms with van der Waals surface area (Å²) >= 11 is 0. The van der Waals surface area contributed by atoms with Crippen molar-refractivity contribution in [3.8, 4) is 0 Å². The Kier molecular flexibility index (Phi) is 2.29. The standard InChI is InChI=1S/C11H15N3O/c1-2-4-9-8(3-1)5-6-12-11(9)10-7-13-14-15-10/h4,7-8,11-12H,1-3,5-6H2. The first-order chi connectivity index (χ1) is 7.45. The molecule has 0 spiro atoms. The molecule has 15 heavy (non-hydrogen) atoms. The van der Waals surface area contributed by atoms with Gasteiger partial charge in [-0.3, -0.25) is 0 Å². The third-order valence-electron chi connectivity index (χ3n) is 3.45. The van der Waals surface area contributed by atoms with Crippen LogP contribution in [-0.2, 0) is 0 Å². The van der Waals surface area contributed by atoms with E-state index in [0.717, 1.165) is 18.2 Å². The smallest absolute Gasteiger partial charge is 0.178 e. The first-order valence-corrected chi connectivity index (χ1v) is 5.66. The summed E-state index contributed by atoms with van der Waals surface area (Å²) in [6, 6.07) is 0.221. The molecule has 1 aromatic heterocycles.